The lowest BCUT2D eigenvalue weighted by Gasteiger charge is -2.28. The summed E-state index contributed by atoms with van der Waals surface area (Å²) in [5.41, 5.74) is 0.662. The number of ether oxygens (including phenoxy) is 1. The third-order valence-electron chi connectivity index (χ3n) is 3.68. The van der Waals surface area contributed by atoms with E-state index >= 15 is 0 Å². The van der Waals surface area contributed by atoms with Crippen LogP contribution in [0.15, 0.2) is 18.2 Å². The van der Waals surface area contributed by atoms with Crippen molar-refractivity contribution < 1.29 is 14.2 Å². The Labute approximate surface area is 108 Å². The maximum atomic E-state index is 13.3. The molecule has 0 saturated heterocycles. The Morgan fingerprint density at radius 3 is 2.56 bits per heavy atom. The van der Waals surface area contributed by atoms with Crippen LogP contribution in [-0.2, 0) is 0 Å². The van der Waals surface area contributed by atoms with E-state index in [0.29, 0.717) is 11.3 Å². The van der Waals surface area contributed by atoms with Crippen molar-refractivity contribution in [1.82, 2.24) is 0 Å². The summed E-state index contributed by atoms with van der Waals surface area (Å²) in [4.78, 5) is 0. The van der Waals surface area contributed by atoms with Gasteiger partial charge in [0.05, 0.1) is 12.2 Å². The molecule has 2 rings (SSSR count). The summed E-state index contributed by atoms with van der Waals surface area (Å²) < 4.78 is 19.1. The van der Waals surface area contributed by atoms with Gasteiger partial charge in [-0.25, -0.2) is 4.39 Å². The normalized spacial score (nSPS) is 25.8. The molecule has 0 spiro atoms. The maximum absolute atomic E-state index is 13.3. The number of aliphatic hydroxyl groups is 1. The summed E-state index contributed by atoms with van der Waals surface area (Å²) in [5.74, 6) is 0.928. The van der Waals surface area contributed by atoms with Gasteiger partial charge in [-0.05, 0) is 50.7 Å². The van der Waals surface area contributed by atoms with Crippen LogP contribution in [0.3, 0.4) is 0 Å². The Morgan fingerprint density at radius 1 is 1.28 bits per heavy atom. The van der Waals surface area contributed by atoms with Crippen molar-refractivity contribution in [3.05, 3.63) is 29.6 Å². The van der Waals surface area contributed by atoms with E-state index in [1.165, 1.54) is 12.1 Å². The predicted molar refractivity (Wildman–Crippen MR) is 69.1 cm³/mol. The highest BCUT2D eigenvalue weighted by Gasteiger charge is 2.21. The van der Waals surface area contributed by atoms with Crippen LogP contribution in [-0.4, -0.2) is 11.2 Å². The van der Waals surface area contributed by atoms with Crippen LogP contribution >= 0.6 is 0 Å². The first kappa shape index (κ1) is 13.3. The average molecular weight is 252 g/mol. The zero-order chi connectivity index (χ0) is 13.1. The maximum Gasteiger partial charge on any atom is 0.128 e. The van der Waals surface area contributed by atoms with Gasteiger partial charge in [-0.2, -0.15) is 0 Å². The van der Waals surface area contributed by atoms with Crippen molar-refractivity contribution in [1.29, 1.82) is 0 Å². The van der Waals surface area contributed by atoms with Crippen LogP contribution in [0.2, 0.25) is 0 Å². The summed E-state index contributed by atoms with van der Waals surface area (Å²) >= 11 is 0. The molecule has 1 saturated carbocycles. The van der Waals surface area contributed by atoms with Gasteiger partial charge in [0.1, 0.15) is 11.6 Å². The Hall–Kier alpha value is -1.09. The summed E-state index contributed by atoms with van der Waals surface area (Å²) in [6.07, 6.45) is 3.85. The van der Waals surface area contributed by atoms with E-state index in [2.05, 4.69) is 6.92 Å². The SMILES string of the molecule is CC1CCC(Oc2cc(F)ccc2[C@@H](C)O)CC1. The number of benzene rings is 1. The lowest BCUT2D eigenvalue weighted by Crippen LogP contribution is -2.23. The lowest BCUT2D eigenvalue weighted by molar-refractivity contribution is 0.126. The van der Waals surface area contributed by atoms with E-state index in [-0.39, 0.29) is 11.9 Å². The zero-order valence-corrected chi connectivity index (χ0v) is 11.0. The average Bonchev–Trinajstić information content (AvgIpc) is 2.32. The fraction of sp³-hybridized carbons (Fsp3) is 0.600. The second-order valence-corrected chi connectivity index (χ2v) is 5.36. The monoisotopic (exact) mass is 252 g/mol. The van der Waals surface area contributed by atoms with Crippen LogP contribution in [0.25, 0.3) is 0 Å². The molecule has 1 aromatic rings. The van der Waals surface area contributed by atoms with E-state index in [1.807, 2.05) is 0 Å². The topological polar surface area (TPSA) is 29.5 Å². The van der Waals surface area contributed by atoms with Gasteiger partial charge in [0, 0.05) is 11.6 Å². The molecule has 1 aromatic carbocycles. The van der Waals surface area contributed by atoms with Crippen LogP contribution in [0.5, 0.6) is 5.75 Å². The Kier molecular flexibility index (Phi) is 4.23. The fourth-order valence-corrected chi connectivity index (χ4v) is 2.48. The molecule has 0 bridgehead atoms. The molecule has 0 unspecified atom stereocenters. The lowest BCUT2D eigenvalue weighted by atomic mass is 9.89. The Balaban J connectivity index is 2.10. The van der Waals surface area contributed by atoms with Crippen LogP contribution < -0.4 is 4.74 Å². The van der Waals surface area contributed by atoms with E-state index in [4.69, 9.17) is 4.74 Å². The van der Waals surface area contributed by atoms with Gasteiger partial charge in [0.25, 0.3) is 0 Å². The highest BCUT2D eigenvalue weighted by molar-refractivity contribution is 5.35. The Morgan fingerprint density at radius 2 is 1.94 bits per heavy atom. The predicted octanol–water partition coefficient (Wildman–Crippen LogP) is 3.84. The third-order valence-corrected chi connectivity index (χ3v) is 3.68. The van der Waals surface area contributed by atoms with Crippen molar-refractivity contribution in [2.24, 2.45) is 5.92 Å². The van der Waals surface area contributed by atoms with Gasteiger partial charge in [-0.1, -0.05) is 6.92 Å². The molecule has 100 valence electrons. The first-order chi connectivity index (χ1) is 8.56. The largest absolute Gasteiger partial charge is 0.490 e. The van der Waals surface area contributed by atoms with Crippen molar-refractivity contribution in [3.63, 3.8) is 0 Å². The number of hydrogen-bond acceptors (Lipinski definition) is 2. The van der Waals surface area contributed by atoms with Crippen LogP contribution in [0.4, 0.5) is 4.39 Å². The second-order valence-electron chi connectivity index (χ2n) is 5.36. The molecular formula is C15H21FO2. The molecule has 1 aliphatic carbocycles. The standard InChI is InChI=1S/C15H21FO2/c1-10-3-6-13(7-4-10)18-15-9-12(16)5-8-14(15)11(2)17/h5,8-11,13,17H,3-4,6-7H2,1-2H3/t10?,11-,13?/m1/s1. The highest BCUT2D eigenvalue weighted by Crippen LogP contribution is 2.31. The Bertz CT molecular complexity index is 395. The summed E-state index contributed by atoms with van der Waals surface area (Å²) in [7, 11) is 0. The third kappa shape index (κ3) is 3.22. The van der Waals surface area contributed by atoms with E-state index in [0.717, 1.165) is 31.6 Å². The summed E-state index contributed by atoms with van der Waals surface area (Å²) in [5, 5.41) is 9.66. The molecule has 0 amide bonds. The number of rotatable bonds is 3. The first-order valence-corrected chi connectivity index (χ1v) is 6.70. The van der Waals surface area contributed by atoms with Gasteiger partial charge >= 0.3 is 0 Å². The van der Waals surface area contributed by atoms with Crippen molar-refractivity contribution in [2.75, 3.05) is 0 Å². The molecule has 3 heteroatoms. The van der Waals surface area contributed by atoms with Gasteiger partial charge in [-0.3, -0.25) is 0 Å². The molecule has 1 N–H and O–H groups in total. The number of aliphatic hydroxyl groups excluding tert-OH is 1. The molecule has 0 radical (unpaired) electrons. The highest BCUT2D eigenvalue weighted by atomic mass is 19.1. The summed E-state index contributed by atoms with van der Waals surface area (Å²) in [6, 6.07) is 4.33. The molecule has 2 nitrogen and oxygen atoms in total. The first-order valence-electron chi connectivity index (χ1n) is 6.70. The minimum absolute atomic E-state index is 0.153. The number of halogens is 1. The molecule has 1 fully saturated rings. The molecule has 0 aromatic heterocycles. The minimum Gasteiger partial charge on any atom is -0.490 e. The molecule has 1 aliphatic rings. The van der Waals surface area contributed by atoms with Crippen LogP contribution in [0, 0.1) is 11.7 Å². The number of hydrogen-bond donors (Lipinski definition) is 1. The van der Waals surface area contributed by atoms with Gasteiger partial charge in [-0.15, -0.1) is 0 Å². The van der Waals surface area contributed by atoms with Gasteiger partial charge in [0.15, 0.2) is 0 Å². The zero-order valence-electron chi connectivity index (χ0n) is 11.0. The molecule has 1 atom stereocenters. The van der Waals surface area contributed by atoms with Crippen molar-refractivity contribution >= 4 is 0 Å². The molecule has 18 heavy (non-hydrogen) atoms. The fourth-order valence-electron chi connectivity index (χ4n) is 2.48. The van der Waals surface area contributed by atoms with E-state index in [9.17, 15) is 9.50 Å². The van der Waals surface area contributed by atoms with Gasteiger partial charge in [0.2, 0.25) is 0 Å². The molecular weight excluding hydrogens is 231 g/mol. The summed E-state index contributed by atoms with van der Waals surface area (Å²) in [6.45, 7) is 3.92. The smallest absolute Gasteiger partial charge is 0.128 e. The minimum atomic E-state index is -0.636. The van der Waals surface area contributed by atoms with E-state index in [1.54, 1.807) is 13.0 Å². The van der Waals surface area contributed by atoms with Gasteiger partial charge < -0.3 is 9.84 Å². The van der Waals surface area contributed by atoms with E-state index < -0.39 is 6.10 Å². The van der Waals surface area contributed by atoms with Crippen molar-refractivity contribution in [3.8, 4) is 5.75 Å². The molecule has 0 heterocycles. The van der Waals surface area contributed by atoms with Crippen LogP contribution in [0.1, 0.15) is 51.2 Å². The molecule has 0 aliphatic heterocycles. The second kappa shape index (κ2) is 5.70. The quantitative estimate of drug-likeness (QED) is 0.885. The van der Waals surface area contributed by atoms with Crippen molar-refractivity contribution in [2.45, 2.75) is 51.7 Å².